The van der Waals surface area contributed by atoms with Crippen molar-refractivity contribution >= 4 is 5.97 Å². The molecular weight excluding hydrogens is 276 g/mol. The first-order valence-electron chi connectivity index (χ1n) is 9.02. The largest absolute Gasteiger partial charge is 0.432 e. The summed E-state index contributed by atoms with van der Waals surface area (Å²) in [7, 11) is 1.60. The lowest BCUT2D eigenvalue weighted by molar-refractivity contribution is -0.169. The molecule has 0 aliphatic heterocycles. The van der Waals surface area contributed by atoms with E-state index >= 15 is 0 Å². The molecule has 0 N–H and O–H groups in total. The Labute approximate surface area is 134 Å². The first-order valence-corrected chi connectivity index (χ1v) is 9.02. The van der Waals surface area contributed by atoms with Gasteiger partial charge in [0.05, 0.1) is 0 Å². The molecule has 4 aliphatic rings. The van der Waals surface area contributed by atoms with Gasteiger partial charge in [-0.25, -0.2) is 4.79 Å². The quantitative estimate of drug-likeness (QED) is 0.416. The molecule has 4 fully saturated rings. The molecule has 0 heterocycles. The Morgan fingerprint density at radius 1 is 1.14 bits per heavy atom. The van der Waals surface area contributed by atoms with Crippen LogP contribution in [-0.2, 0) is 14.3 Å². The number of carbonyl (C=O) groups is 1. The minimum atomic E-state index is -0.403. The van der Waals surface area contributed by atoms with Gasteiger partial charge in [-0.15, -0.1) is 0 Å². The fourth-order valence-corrected chi connectivity index (χ4v) is 5.27. The average molecular weight is 306 g/mol. The molecule has 4 rings (SSSR count). The van der Waals surface area contributed by atoms with E-state index in [-0.39, 0.29) is 5.97 Å². The van der Waals surface area contributed by atoms with Crippen LogP contribution in [0.3, 0.4) is 0 Å². The van der Waals surface area contributed by atoms with E-state index in [4.69, 9.17) is 9.47 Å². The van der Waals surface area contributed by atoms with Crippen LogP contribution in [0.25, 0.3) is 0 Å². The third kappa shape index (κ3) is 3.24. The Bertz CT molecular complexity index is 412. The summed E-state index contributed by atoms with van der Waals surface area (Å²) >= 11 is 0. The molecule has 0 amide bonds. The van der Waals surface area contributed by atoms with Crippen LogP contribution in [0.1, 0.15) is 58.8 Å². The molecule has 0 radical (unpaired) electrons. The van der Waals surface area contributed by atoms with E-state index in [1.54, 1.807) is 7.11 Å². The standard InChI is InChI=1S/C19H30O3/c1-4-5-18(21-3)22-19(20)12(2)6-17-15-8-13-7-14(10-15)11-16(17)9-13/h6,13-18H,4-5,7-11H2,1-3H3. The van der Waals surface area contributed by atoms with Crippen LogP contribution in [0, 0.1) is 29.6 Å². The first-order chi connectivity index (χ1) is 10.6. The SMILES string of the molecule is CCCC(OC)OC(=O)C(C)=CC1C2CC3CC(C2)CC1C3. The molecule has 3 heteroatoms. The lowest BCUT2D eigenvalue weighted by atomic mass is 9.52. The van der Waals surface area contributed by atoms with Gasteiger partial charge in [-0.05, 0) is 68.6 Å². The van der Waals surface area contributed by atoms with E-state index in [0.717, 1.165) is 42.1 Å². The van der Waals surface area contributed by atoms with Crippen LogP contribution in [0.4, 0.5) is 0 Å². The van der Waals surface area contributed by atoms with Crippen LogP contribution < -0.4 is 0 Å². The van der Waals surface area contributed by atoms with Crippen molar-refractivity contribution < 1.29 is 14.3 Å². The van der Waals surface area contributed by atoms with Crippen molar-refractivity contribution in [2.24, 2.45) is 29.6 Å². The topological polar surface area (TPSA) is 35.5 Å². The van der Waals surface area contributed by atoms with Gasteiger partial charge in [0, 0.05) is 19.1 Å². The summed E-state index contributed by atoms with van der Waals surface area (Å²) in [5.41, 5.74) is 0.774. The van der Waals surface area contributed by atoms with Crippen molar-refractivity contribution in [3.63, 3.8) is 0 Å². The van der Waals surface area contributed by atoms with Gasteiger partial charge in [-0.1, -0.05) is 19.4 Å². The van der Waals surface area contributed by atoms with Gasteiger partial charge in [0.1, 0.15) is 0 Å². The number of ether oxygens (including phenoxy) is 2. The monoisotopic (exact) mass is 306 g/mol. The Hall–Kier alpha value is -0.830. The van der Waals surface area contributed by atoms with Crippen LogP contribution >= 0.6 is 0 Å². The normalized spacial score (nSPS) is 38.1. The number of hydrogen-bond donors (Lipinski definition) is 0. The summed E-state index contributed by atoms with van der Waals surface area (Å²) in [5, 5.41) is 0. The van der Waals surface area contributed by atoms with Crippen molar-refractivity contribution in [1.82, 2.24) is 0 Å². The Morgan fingerprint density at radius 3 is 2.23 bits per heavy atom. The molecule has 1 atom stereocenters. The van der Waals surface area contributed by atoms with Gasteiger partial charge in [0.25, 0.3) is 0 Å². The van der Waals surface area contributed by atoms with E-state index in [0.29, 0.717) is 5.92 Å². The summed E-state index contributed by atoms with van der Waals surface area (Å²) in [5.74, 6) is 3.98. The molecule has 0 saturated heterocycles. The van der Waals surface area contributed by atoms with E-state index in [9.17, 15) is 4.79 Å². The molecule has 22 heavy (non-hydrogen) atoms. The third-order valence-corrected chi connectivity index (χ3v) is 6.09. The smallest absolute Gasteiger partial charge is 0.335 e. The molecule has 0 aromatic heterocycles. The van der Waals surface area contributed by atoms with Gasteiger partial charge < -0.3 is 9.47 Å². The molecule has 4 aliphatic carbocycles. The minimum Gasteiger partial charge on any atom is -0.432 e. The number of hydrogen-bond acceptors (Lipinski definition) is 3. The highest BCUT2D eigenvalue weighted by molar-refractivity contribution is 5.87. The predicted octanol–water partition coefficient (Wildman–Crippen LogP) is 4.32. The zero-order valence-corrected chi connectivity index (χ0v) is 14.2. The van der Waals surface area contributed by atoms with Crippen molar-refractivity contribution in [3.05, 3.63) is 11.6 Å². The van der Waals surface area contributed by atoms with E-state index < -0.39 is 6.29 Å². The molecule has 3 nitrogen and oxygen atoms in total. The third-order valence-electron chi connectivity index (χ3n) is 6.09. The number of rotatable bonds is 6. The maximum Gasteiger partial charge on any atom is 0.335 e. The zero-order chi connectivity index (χ0) is 15.7. The maximum atomic E-state index is 12.3. The molecular formula is C19H30O3. The minimum absolute atomic E-state index is 0.200. The second-order valence-corrected chi connectivity index (χ2v) is 7.72. The summed E-state index contributed by atoms with van der Waals surface area (Å²) in [6, 6.07) is 0. The second kappa shape index (κ2) is 6.74. The summed E-state index contributed by atoms with van der Waals surface area (Å²) in [6.45, 7) is 3.98. The highest BCUT2D eigenvalue weighted by Gasteiger charge is 2.47. The first kappa shape index (κ1) is 16.0. The Morgan fingerprint density at radius 2 is 1.73 bits per heavy atom. The highest BCUT2D eigenvalue weighted by atomic mass is 16.7. The predicted molar refractivity (Wildman–Crippen MR) is 86.1 cm³/mol. The fraction of sp³-hybridized carbons (Fsp3) is 0.842. The van der Waals surface area contributed by atoms with Crippen molar-refractivity contribution in [2.75, 3.05) is 7.11 Å². The molecule has 124 valence electrons. The van der Waals surface area contributed by atoms with Crippen LogP contribution in [-0.4, -0.2) is 19.4 Å². The second-order valence-electron chi connectivity index (χ2n) is 7.72. The van der Waals surface area contributed by atoms with E-state index in [2.05, 4.69) is 13.0 Å². The van der Waals surface area contributed by atoms with Gasteiger partial charge in [-0.2, -0.15) is 0 Å². The van der Waals surface area contributed by atoms with Crippen molar-refractivity contribution in [1.29, 1.82) is 0 Å². The van der Waals surface area contributed by atoms with Crippen LogP contribution in [0.2, 0.25) is 0 Å². The molecule has 4 bridgehead atoms. The van der Waals surface area contributed by atoms with Crippen LogP contribution in [0.5, 0.6) is 0 Å². The molecule has 0 spiro atoms. The summed E-state index contributed by atoms with van der Waals surface area (Å²) in [6.07, 6.45) is 10.5. The van der Waals surface area contributed by atoms with Gasteiger partial charge in [0.15, 0.2) is 0 Å². The van der Waals surface area contributed by atoms with E-state index in [1.165, 1.54) is 32.1 Å². The Balaban J connectivity index is 1.63. The van der Waals surface area contributed by atoms with Gasteiger partial charge >= 0.3 is 5.97 Å². The molecule has 4 saturated carbocycles. The Kier molecular flexibility index (Phi) is 4.91. The zero-order valence-electron chi connectivity index (χ0n) is 14.2. The van der Waals surface area contributed by atoms with E-state index in [1.807, 2.05) is 6.92 Å². The van der Waals surface area contributed by atoms with Crippen LogP contribution in [0.15, 0.2) is 11.6 Å². The number of esters is 1. The number of carbonyl (C=O) groups excluding carboxylic acids is 1. The lowest BCUT2D eigenvalue weighted by Crippen LogP contribution is -2.44. The highest BCUT2D eigenvalue weighted by Crippen LogP contribution is 2.57. The fourth-order valence-electron chi connectivity index (χ4n) is 5.27. The van der Waals surface area contributed by atoms with Gasteiger partial charge in [0.2, 0.25) is 6.29 Å². The van der Waals surface area contributed by atoms with Crippen molar-refractivity contribution in [3.8, 4) is 0 Å². The van der Waals surface area contributed by atoms with Gasteiger partial charge in [-0.3, -0.25) is 0 Å². The summed E-state index contributed by atoms with van der Waals surface area (Å²) in [4.78, 5) is 12.3. The number of allylic oxidation sites excluding steroid dienone is 1. The number of methoxy groups -OCH3 is 1. The molecule has 1 unspecified atom stereocenters. The van der Waals surface area contributed by atoms with Crippen molar-refractivity contribution in [2.45, 2.75) is 65.1 Å². The average Bonchev–Trinajstić information content (AvgIpc) is 2.49. The summed E-state index contributed by atoms with van der Waals surface area (Å²) < 4.78 is 10.7. The molecule has 0 aromatic carbocycles. The molecule has 0 aromatic rings. The maximum absolute atomic E-state index is 12.3. The lowest BCUT2D eigenvalue weighted by Gasteiger charge is -2.53.